The summed E-state index contributed by atoms with van der Waals surface area (Å²) >= 11 is 0. The summed E-state index contributed by atoms with van der Waals surface area (Å²) in [6.45, 7) is 2.65. The van der Waals surface area contributed by atoms with Crippen LogP contribution in [-0.2, 0) is 23.0 Å². The fourth-order valence-corrected chi connectivity index (χ4v) is 5.32. The fourth-order valence-electron chi connectivity index (χ4n) is 3.80. The normalized spacial score (nSPS) is 21.8. The predicted molar refractivity (Wildman–Crippen MR) is 99.2 cm³/mol. The number of fused-ring (bicyclic) bond motifs is 1. The molecule has 1 aromatic carbocycles. The number of hydrogen-bond donors (Lipinski definition) is 0. The van der Waals surface area contributed by atoms with Crippen LogP contribution < -0.4 is 0 Å². The first-order valence-electron chi connectivity index (χ1n) is 9.22. The van der Waals surface area contributed by atoms with Gasteiger partial charge in [-0.05, 0) is 44.2 Å². The van der Waals surface area contributed by atoms with Crippen LogP contribution in [0, 0.1) is 5.82 Å². The van der Waals surface area contributed by atoms with E-state index in [1.54, 1.807) is 0 Å². The van der Waals surface area contributed by atoms with Crippen molar-refractivity contribution < 1.29 is 12.8 Å². The van der Waals surface area contributed by atoms with Gasteiger partial charge in [-0.25, -0.2) is 22.8 Å². The Morgan fingerprint density at radius 2 is 1.96 bits per heavy atom. The summed E-state index contributed by atoms with van der Waals surface area (Å²) in [5, 5.41) is 0. The molecule has 1 saturated heterocycles. The standard InChI is InChI=1S/C19H23FN4O2S/c1-23-10-8-18-15(12-23)11-21-19(22-18)14-3-2-9-24(13-14)27(25,26)17-6-4-16(20)5-7-17/h4-7,11,14H,2-3,8-10,12-13H2,1H3. The van der Waals surface area contributed by atoms with Gasteiger partial charge in [0, 0.05) is 56.0 Å². The molecule has 0 aliphatic carbocycles. The molecule has 1 unspecified atom stereocenters. The highest BCUT2D eigenvalue weighted by molar-refractivity contribution is 7.89. The third-order valence-electron chi connectivity index (χ3n) is 5.34. The Morgan fingerprint density at radius 1 is 1.19 bits per heavy atom. The number of sulfonamides is 1. The quantitative estimate of drug-likeness (QED) is 0.804. The Hall–Kier alpha value is -1.90. The molecule has 2 aliphatic rings. The van der Waals surface area contributed by atoms with Crippen molar-refractivity contribution in [3.05, 3.63) is 53.4 Å². The molecule has 0 bridgehead atoms. The number of benzene rings is 1. The molecule has 3 heterocycles. The number of nitrogens with zero attached hydrogens (tertiary/aromatic N) is 4. The highest BCUT2D eigenvalue weighted by Gasteiger charge is 2.32. The zero-order chi connectivity index (χ0) is 19.0. The molecular formula is C19H23FN4O2S. The SMILES string of the molecule is CN1CCc2nc(C3CCCN(S(=O)(=O)c4ccc(F)cc4)C3)ncc2C1. The number of likely N-dealkylation sites (N-methyl/N-ethyl adjacent to an activating group) is 1. The van der Waals surface area contributed by atoms with E-state index in [0.29, 0.717) is 13.1 Å². The van der Waals surface area contributed by atoms with Gasteiger partial charge in [0.1, 0.15) is 11.6 Å². The van der Waals surface area contributed by atoms with Crippen LogP contribution in [0.4, 0.5) is 4.39 Å². The first-order chi connectivity index (χ1) is 12.9. The van der Waals surface area contributed by atoms with Crippen LogP contribution in [0.15, 0.2) is 35.4 Å². The lowest BCUT2D eigenvalue weighted by Crippen LogP contribution is -2.39. The molecule has 0 saturated carbocycles. The first-order valence-corrected chi connectivity index (χ1v) is 10.7. The Morgan fingerprint density at radius 3 is 2.74 bits per heavy atom. The molecule has 1 aromatic heterocycles. The molecule has 144 valence electrons. The maximum Gasteiger partial charge on any atom is 0.243 e. The second kappa shape index (κ2) is 7.26. The van der Waals surface area contributed by atoms with Crippen molar-refractivity contribution in [1.29, 1.82) is 0 Å². The fraction of sp³-hybridized carbons (Fsp3) is 0.474. The van der Waals surface area contributed by atoms with Gasteiger partial charge in [0.15, 0.2) is 0 Å². The van der Waals surface area contributed by atoms with E-state index in [1.807, 2.05) is 6.20 Å². The summed E-state index contributed by atoms with van der Waals surface area (Å²) in [5.41, 5.74) is 2.23. The van der Waals surface area contributed by atoms with Crippen molar-refractivity contribution in [3.8, 4) is 0 Å². The Labute approximate surface area is 159 Å². The van der Waals surface area contributed by atoms with Gasteiger partial charge in [-0.2, -0.15) is 4.31 Å². The molecule has 2 aromatic rings. The van der Waals surface area contributed by atoms with E-state index >= 15 is 0 Å². The van der Waals surface area contributed by atoms with Gasteiger partial charge in [-0.15, -0.1) is 0 Å². The van der Waals surface area contributed by atoms with Crippen molar-refractivity contribution in [2.24, 2.45) is 0 Å². The van der Waals surface area contributed by atoms with Crippen LogP contribution in [0.1, 0.15) is 35.8 Å². The summed E-state index contributed by atoms with van der Waals surface area (Å²) in [4.78, 5) is 11.7. The van der Waals surface area contributed by atoms with Crippen LogP contribution in [-0.4, -0.2) is 54.3 Å². The number of hydrogen-bond acceptors (Lipinski definition) is 5. The minimum absolute atomic E-state index is 0.0149. The summed E-state index contributed by atoms with van der Waals surface area (Å²) < 4.78 is 40.4. The topological polar surface area (TPSA) is 66.4 Å². The lowest BCUT2D eigenvalue weighted by atomic mass is 9.98. The first kappa shape index (κ1) is 18.5. The van der Waals surface area contributed by atoms with Crippen molar-refractivity contribution >= 4 is 10.0 Å². The van der Waals surface area contributed by atoms with Crippen LogP contribution in [0.5, 0.6) is 0 Å². The molecule has 6 nitrogen and oxygen atoms in total. The van der Waals surface area contributed by atoms with E-state index in [-0.39, 0.29) is 10.8 Å². The minimum Gasteiger partial charge on any atom is -0.302 e. The van der Waals surface area contributed by atoms with Gasteiger partial charge in [-0.1, -0.05) is 0 Å². The molecule has 4 rings (SSSR count). The van der Waals surface area contributed by atoms with E-state index in [0.717, 1.165) is 49.4 Å². The second-order valence-electron chi connectivity index (χ2n) is 7.34. The van der Waals surface area contributed by atoms with Gasteiger partial charge in [0.05, 0.1) is 4.90 Å². The van der Waals surface area contributed by atoms with E-state index < -0.39 is 15.8 Å². The highest BCUT2D eigenvalue weighted by atomic mass is 32.2. The third kappa shape index (κ3) is 3.74. The largest absolute Gasteiger partial charge is 0.302 e. The summed E-state index contributed by atoms with van der Waals surface area (Å²) in [6, 6.07) is 5.00. The number of piperidine rings is 1. The van der Waals surface area contributed by atoms with Crippen LogP contribution >= 0.6 is 0 Å². The van der Waals surface area contributed by atoms with Crippen LogP contribution in [0.25, 0.3) is 0 Å². The van der Waals surface area contributed by atoms with Crippen LogP contribution in [0.2, 0.25) is 0 Å². The summed E-state index contributed by atoms with van der Waals surface area (Å²) in [5.74, 6) is 0.273. The van der Waals surface area contributed by atoms with E-state index in [2.05, 4.69) is 16.9 Å². The monoisotopic (exact) mass is 390 g/mol. The molecule has 0 radical (unpaired) electrons. The zero-order valence-electron chi connectivity index (χ0n) is 15.3. The average Bonchev–Trinajstić information content (AvgIpc) is 2.68. The van der Waals surface area contributed by atoms with Gasteiger partial charge in [0.25, 0.3) is 0 Å². The summed E-state index contributed by atoms with van der Waals surface area (Å²) in [6.07, 6.45) is 4.41. The maximum absolute atomic E-state index is 13.1. The van der Waals surface area contributed by atoms with Crippen molar-refractivity contribution in [2.75, 3.05) is 26.7 Å². The average molecular weight is 390 g/mol. The van der Waals surface area contributed by atoms with E-state index in [1.165, 1.54) is 28.6 Å². The van der Waals surface area contributed by atoms with Gasteiger partial charge in [0.2, 0.25) is 10.0 Å². The van der Waals surface area contributed by atoms with Crippen molar-refractivity contribution in [3.63, 3.8) is 0 Å². The van der Waals surface area contributed by atoms with Crippen molar-refractivity contribution in [1.82, 2.24) is 19.2 Å². The molecule has 1 fully saturated rings. The second-order valence-corrected chi connectivity index (χ2v) is 9.28. The van der Waals surface area contributed by atoms with E-state index in [4.69, 9.17) is 4.98 Å². The Bertz CT molecular complexity index is 933. The smallest absolute Gasteiger partial charge is 0.243 e. The molecule has 8 heteroatoms. The zero-order valence-corrected chi connectivity index (χ0v) is 16.1. The molecule has 0 N–H and O–H groups in total. The van der Waals surface area contributed by atoms with Gasteiger partial charge < -0.3 is 4.90 Å². The molecule has 0 spiro atoms. The predicted octanol–water partition coefficient (Wildman–Crippen LogP) is 2.17. The number of aromatic nitrogens is 2. The van der Waals surface area contributed by atoms with Gasteiger partial charge >= 0.3 is 0 Å². The van der Waals surface area contributed by atoms with Gasteiger partial charge in [-0.3, -0.25) is 0 Å². The minimum atomic E-state index is -3.64. The van der Waals surface area contributed by atoms with Crippen LogP contribution in [0.3, 0.4) is 0 Å². The number of rotatable bonds is 3. The summed E-state index contributed by atoms with van der Waals surface area (Å²) in [7, 11) is -1.56. The molecule has 27 heavy (non-hydrogen) atoms. The maximum atomic E-state index is 13.1. The molecule has 2 aliphatic heterocycles. The number of halogens is 1. The molecule has 1 atom stereocenters. The molecular weight excluding hydrogens is 367 g/mol. The Kier molecular flexibility index (Phi) is 4.96. The lowest BCUT2D eigenvalue weighted by Gasteiger charge is -2.32. The third-order valence-corrected chi connectivity index (χ3v) is 7.22. The highest BCUT2D eigenvalue weighted by Crippen LogP contribution is 2.29. The molecule has 0 amide bonds. The Balaban J connectivity index is 1.55. The lowest BCUT2D eigenvalue weighted by molar-refractivity contribution is 0.299. The van der Waals surface area contributed by atoms with E-state index in [9.17, 15) is 12.8 Å². The van der Waals surface area contributed by atoms with Crippen molar-refractivity contribution in [2.45, 2.75) is 36.6 Å².